The van der Waals surface area contributed by atoms with E-state index in [0.717, 1.165) is 90.8 Å². The van der Waals surface area contributed by atoms with Gasteiger partial charge in [-0.15, -0.1) is 0 Å². The van der Waals surface area contributed by atoms with Crippen LogP contribution in [0, 0.1) is 0 Å². The predicted molar refractivity (Wildman–Crippen MR) is 283 cm³/mol. The van der Waals surface area contributed by atoms with E-state index < -0.39 is 35.0 Å². The quantitative estimate of drug-likeness (QED) is 0.0270. The largest absolute Gasteiger partial charge is 0.464 e. The molecule has 396 valence electrons. The van der Waals surface area contributed by atoms with E-state index in [-0.39, 0.29) is 58.7 Å². The number of carbonyl (C=O) groups excluding carboxylic acids is 3. The molecule has 0 aliphatic carbocycles. The lowest BCUT2D eigenvalue weighted by Crippen LogP contribution is -2.55. The average molecular weight is 970 g/mol. The van der Waals surface area contributed by atoms with E-state index in [2.05, 4.69) is 57.2 Å². The predicted octanol–water partition coefficient (Wildman–Crippen LogP) is 13.6. The number of hydrogen-bond acceptors (Lipinski definition) is 9. The zero-order valence-corrected chi connectivity index (χ0v) is 44.2. The molecule has 0 N–H and O–H groups in total. The summed E-state index contributed by atoms with van der Waals surface area (Å²) in [6.45, 7) is 5.19. The van der Waals surface area contributed by atoms with E-state index in [1.165, 1.54) is 116 Å². The summed E-state index contributed by atoms with van der Waals surface area (Å²) in [5.41, 5.74) is -2.66. The smallest absolute Gasteiger partial charge is 0.336 e. The van der Waals surface area contributed by atoms with Crippen LogP contribution in [0.2, 0.25) is 0 Å². The SMILES string of the molecule is CCCCC/C=C/CCCCCCCCC(=O)OCCn1c(=O)n(CCOC(=O)CCCCCCCC/C=C/CCCCC)c(=O)n(CCOC(=O)CCCCCCCC/C=C/CCCCC)c1=O. The highest BCUT2D eigenvalue weighted by molar-refractivity contribution is 5.69. The molecule has 0 fully saturated rings. The lowest BCUT2D eigenvalue weighted by Gasteiger charge is -2.14. The molecule has 1 heterocycles. The Kier molecular flexibility index (Phi) is 42.4. The first kappa shape index (κ1) is 63.1. The van der Waals surface area contributed by atoms with E-state index in [1.807, 2.05) is 0 Å². The van der Waals surface area contributed by atoms with Gasteiger partial charge in [0, 0.05) is 19.3 Å². The second-order valence-corrected chi connectivity index (χ2v) is 18.8. The molecule has 12 nitrogen and oxygen atoms in total. The molecular weight excluding hydrogens is 871 g/mol. The van der Waals surface area contributed by atoms with Crippen molar-refractivity contribution in [1.82, 2.24) is 13.7 Å². The molecule has 12 heteroatoms. The summed E-state index contributed by atoms with van der Waals surface area (Å²) >= 11 is 0. The van der Waals surface area contributed by atoms with E-state index in [1.54, 1.807) is 0 Å². The third-order valence-corrected chi connectivity index (χ3v) is 12.5. The number of aromatic nitrogens is 3. The van der Waals surface area contributed by atoms with E-state index in [4.69, 9.17) is 14.2 Å². The van der Waals surface area contributed by atoms with Gasteiger partial charge in [0.1, 0.15) is 19.8 Å². The van der Waals surface area contributed by atoms with Crippen LogP contribution in [0.4, 0.5) is 0 Å². The number of allylic oxidation sites excluding steroid dienone is 6. The first-order valence-corrected chi connectivity index (χ1v) is 28.1. The van der Waals surface area contributed by atoms with Crippen molar-refractivity contribution < 1.29 is 28.6 Å². The van der Waals surface area contributed by atoms with Crippen LogP contribution in [0.15, 0.2) is 50.8 Å². The Labute approximate surface area is 418 Å². The Morgan fingerprint density at radius 3 is 0.754 bits per heavy atom. The highest BCUT2D eigenvalue weighted by Crippen LogP contribution is 2.13. The van der Waals surface area contributed by atoms with Crippen molar-refractivity contribution >= 4 is 17.9 Å². The van der Waals surface area contributed by atoms with Crippen molar-refractivity contribution in [2.75, 3.05) is 19.8 Å². The Hall–Kier alpha value is -3.96. The zero-order chi connectivity index (χ0) is 50.3. The molecule has 0 atom stereocenters. The standard InChI is InChI=1S/C57H99N3O9/c1-4-7-10-13-16-19-22-25-28-31-34-37-40-43-52(61)67-49-46-58-55(64)59(47-50-68-53(62)44-41-38-35-32-29-26-23-20-17-14-11-8-5-2)57(66)60(56(58)65)48-51-69-54(63)45-42-39-36-33-30-27-24-21-18-15-12-9-6-3/h16-21H,4-15,22-51H2,1-3H3/b19-16+,20-17+,21-18+. The van der Waals surface area contributed by atoms with Crippen molar-refractivity contribution in [3.63, 3.8) is 0 Å². The van der Waals surface area contributed by atoms with Crippen LogP contribution in [0.25, 0.3) is 0 Å². The highest BCUT2D eigenvalue weighted by atomic mass is 16.5. The minimum atomic E-state index is -0.886. The molecule has 0 amide bonds. The molecule has 1 aromatic rings. The summed E-state index contributed by atoms with van der Waals surface area (Å²) in [5, 5.41) is 0. The van der Waals surface area contributed by atoms with Crippen molar-refractivity contribution in [2.45, 2.75) is 272 Å². The molecular formula is C57H99N3O9. The summed E-state index contributed by atoms with van der Waals surface area (Å²) in [6.07, 6.45) is 51.1. The summed E-state index contributed by atoms with van der Waals surface area (Å²) in [4.78, 5) is 78.4. The Bertz CT molecular complexity index is 1480. The molecule has 0 unspecified atom stereocenters. The van der Waals surface area contributed by atoms with Crippen LogP contribution in [-0.2, 0) is 48.2 Å². The lowest BCUT2D eigenvalue weighted by molar-refractivity contribution is -0.144. The Balaban J connectivity index is 2.65. The number of unbranched alkanes of at least 4 members (excludes halogenated alkanes) is 27. The fourth-order valence-corrected chi connectivity index (χ4v) is 8.18. The number of ether oxygens (including phenoxy) is 3. The Morgan fingerprint density at radius 2 is 0.522 bits per heavy atom. The first-order chi connectivity index (χ1) is 33.8. The first-order valence-electron chi connectivity index (χ1n) is 28.1. The van der Waals surface area contributed by atoms with E-state index >= 15 is 0 Å². The molecule has 0 radical (unpaired) electrons. The number of carbonyl (C=O) groups is 3. The number of esters is 3. The van der Waals surface area contributed by atoms with Gasteiger partial charge >= 0.3 is 35.0 Å². The molecule has 69 heavy (non-hydrogen) atoms. The van der Waals surface area contributed by atoms with Gasteiger partial charge in [0.05, 0.1) is 19.6 Å². The maximum absolute atomic E-state index is 13.6. The number of hydrogen-bond donors (Lipinski definition) is 0. The zero-order valence-electron chi connectivity index (χ0n) is 44.2. The van der Waals surface area contributed by atoms with Gasteiger partial charge in [0.25, 0.3) is 0 Å². The van der Waals surface area contributed by atoms with Gasteiger partial charge in [-0.2, -0.15) is 0 Å². The summed E-state index contributed by atoms with van der Waals surface area (Å²) in [7, 11) is 0. The van der Waals surface area contributed by atoms with Gasteiger partial charge in [-0.3, -0.25) is 14.4 Å². The molecule has 0 spiro atoms. The van der Waals surface area contributed by atoms with Crippen LogP contribution in [0.1, 0.15) is 252 Å². The molecule has 0 aromatic carbocycles. The molecule has 0 saturated heterocycles. The van der Waals surface area contributed by atoms with Crippen molar-refractivity contribution in [3.8, 4) is 0 Å². The summed E-state index contributed by atoms with van der Waals surface area (Å²) in [6, 6.07) is 0. The second-order valence-electron chi connectivity index (χ2n) is 18.8. The van der Waals surface area contributed by atoms with E-state index in [0.29, 0.717) is 19.3 Å². The van der Waals surface area contributed by atoms with Crippen LogP contribution in [0.3, 0.4) is 0 Å². The fourth-order valence-electron chi connectivity index (χ4n) is 8.18. The summed E-state index contributed by atoms with van der Waals surface area (Å²) in [5.74, 6) is -1.23. The maximum Gasteiger partial charge on any atom is 0.336 e. The minimum Gasteiger partial charge on any atom is -0.464 e. The van der Waals surface area contributed by atoms with Gasteiger partial charge < -0.3 is 14.2 Å². The molecule has 0 bridgehead atoms. The third-order valence-electron chi connectivity index (χ3n) is 12.5. The van der Waals surface area contributed by atoms with Crippen LogP contribution >= 0.6 is 0 Å². The van der Waals surface area contributed by atoms with Gasteiger partial charge in [-0.05, 0) is 96.3 Å². The molecule has 1 rings (SSSR count). The molecule has 0 aliphatic heterocycles. The van der Waals surface area contributed by atoms with Gasteiger partial charge in [-0.1, -0.05) is 173 Å². The highest BCUT2D eigenvalue weighted by Gasteiger charge is 2.17. The Morgan fingerprint density at radius 1 is 0.319 bits per heavy atom. The monoisotopic (exact) mass is 970 g/mol. The van der Waals surface area contributed by atoms with Crippen LogP contribution in [0.5, 0.6) is 0 Å². The fraction of sp³-hybridized carbons (Fsp3) is 0.789. The number of nitrogens with zero attached hydrogens (tertiary/aromatic N) is 3. The van der Waals surface area contributed by atoms with Crippen LogP contribution in [-0.4, -0.2) is 51.4 Å². The third kappa shape index (κ3) is 35.7. The average Bonchev–Trinajstić information content (AvgIpc) is 3.34. The summed E-state index contributed by atoms with van der Waals surface area (Å²) < 4.78 is 18.8. The normalized spacial score (nSPS) is 11.7. The van der Waals surface area contributed by atoms with Crippen molar-refractivity contribution in [3.05, 3.63) is 67.9 Å². The van der Waals surface area contributed by atoms with E-state index in [9.17, 15) is 28.8 Å². The van der Waals surface area contributed by atoms with Gasteiger partial charge in [0.2, 0.25) is 0 Å². The minimum absolute atomic E-state index is 0.228. The molecule has 0 aliphatic rings. The van der Waals surface area contributed by atoms with Gasteiger partial charge in [-0.25, -0.2) is 28.1 Å². The molecule has 1 aromatic heterocycles. The molecule has 0 saturated carbocycles. The van der Waals surface area contributed by atoms with Crippen molar-refractivity contribution in [1.29, 1.82) is 0 Å². The second kappa shape index (κ2) is 46.4. The van der Waals surface area contributed by atoms with Gasteiger partial charge in [0.15, 0.2) is 0 Å². The maximum atomic E-state index is 13.6. The lowest BCUT2D eigenvalue weighted by atomic mass is 10.1. The van der Waals surface area contributed by atoms with Crippen molar-refractivity contribution in [2.24, 2.45) is 0 Å². The van der Waals surface area contributed by atoms with Crippen LogP contribution < -0.4 is 17.1 Å². The topological polar surface area (TPSA) is 145 Å². The number of rotatable bonds is 48.